The molecule has 8 heteroatoms. The van der Waals surface area contributed by atoms with Crippen LogP contribution in [0.15, 0.2) is 30.3 Å². The Labute approximate surface area is 169 Å². The third-order valence-electron chi connectivity index (χ3n) is 4.59. The summed E-state index contributed by atoms with van der Waals surface area (Å²) < 4.78 is 32.7. The predicted molar refractivity (Wildman–Crippen MR) is 112 cm³/mol. The first-order valence-corrected chi connectivity index (χ1v) is 11.6. The number of β-amino-alcohol motifs (C(OH)–C–C–N with tert-alkyl or cyclic N) is 1. The molecule has 0 radical (unpaired) electrons. The van der Waals surface area contributed by atoms with Crippen molar-refractivity contribution < 1.29 is 18.3 Å². The van der Waals surface area contributed by atoms with Gasteiger partial charge in [0.2, 0.25) is 10.0 Å². The molecule has 1 aromatic rings. The van der Waals surface area contributed by atoms with Crippen LogP contribution in [0.3, 0.4) is 0 Å². The van der Waals surface area contributed by atoms with Gasteiger partial charge in [-0.1, -0.05) is 30.3 Å². The maximum Gasteiger partial charge on any atom is 0.215 e. The molecule has 1 aliphatic heterocycles. The minimum atomic E-state index is -3.31. The van der Waals surface area contributed by atoms with E-state index in [-0.39, 0.29) is 11.4 Å². The number of nitrogens with zero attached hydrogens (tertiary/aromatic N) is 2. The fourth-order valence-electron chi connectivity index (χ4n) is 3.10. The van der Waals surface area contributed by atoms with E-state index in [4.69, 9.17) is 4.74 Å². The normalized spacial score (nSPS) is 18.3. The number of benzene rings is 1. The Bertz CT molecular complexity index is 668. The average Bonchev–Trinajstić information content (AvgIpc) is 2.61. The zero-order valence-electron chi connectivity index (χ0n) is 17.3. The monoisotopic (exact) mass is 413 g/mol. The molecule has 1 aliphatic rings. The van der Waals surface area contributed by atoms with Crippen LogP contribution in [0.5, 0.6) is 0 Å². The SMILES string of the molecule is CC(C)(C)OC[C@@H](O)CN1CCN(CCNS(=O)(=O)Cc2ccccc2)CC1. The molecule has 0 saturated carbocycles. The summed E-state index contributed by atoms with van der Waals surface area (Å²) in [5.41, 5.74) is 0.547. The van der Waals surface area contributed by atoms with Crippen molar-refractivity contribution in [2.75, 3.05) is 52.4 Å². The molecule has 0 amide bonds. The number of hydrogen-bond acceptors (Lipinski definition) is 6. The Morgan fingerprint density at radius 2 is 1.71 bits per heavy atom. The second-order valence-electron chi connectivity index (χ2n) is 8.36. The van der Waals surface area contributed by atoms with Crippen molar-refractivity contribution in [3.05, 3.63) is 35.9 Å². The highest BCUT2D eigenvalue weighted by Crippen LogP contribution is 2.09. The fraction of sp³-hybridized carbons (Fsp3) is 0.700. The van der Waals surface area contributed by atoms with Crippen LogP contribution in [0.25, 0.3) is 0 Å². The summed E-state index contributed by atoms with van der Waals surface area (Å²) in [6, 6.07) is 9.20. The molecule has 0 aliphatic carbocycles. The van der Waals surface area contributed by atoms with Gasteiger partial charge in [0.05, 0.1) is 24.1 Å². The van der Waals surface area contributed by atoms with Crippen molar-refractivity contribution in [1.82, 2.24) is 14.5 Å². The van der Waals surface area contributed by atoms with E-state index in [1.165, 1.54) is 0 Å². The minimum Gasteiger partial charge on any atom is -0.389 e. The second kappa shape index (κ2) is 10.7. The van der Waals surface area contributed by atoms with Crippen LogP contribution in [0.4, 0.5) is 0 Å². The van der Waals surface area contributed by atoms with Gasteiger partial charge in [0.15, 0.2) is 0 Å². The Hall–Kier alpha value is -1.03. The van der Waals surface area contributed by atoms with E-state index >= 15 is 0 Å². The maximum atomic E-state index is 12.2. The summed E-state index contributed by atoms with van der Waals surface area (Å²) in [7, 11) is -3.31. The van der Waals surface area contributed by atoms with Gasteiger partial charge in [0.25, 0.3) is 0 Å². The molecule has 0 unspecified atom stereocenters. The molecule has 1 atom stereocenters. The van der Waals surface area contributed by atoms with E-state index in [9.17, 15) is 13.5 Å². The van der Waals surface area contributed by atoms with Crippen LogP contribution in [0, 0.1) is 0 Å². The Morgan fingerprint density at radius 3 is 2.32 bits per heavy atom. The molecule has 28 heavy (non-hydrogen) atoms. The molecule has 1 fully saturated rings. The standard InChI is InChI=1S/C20H35N3O4S/c1-20(2,3)27-16-19(24)15-23-13-11-22(12-14-23)10-9-21-28(25,26)17-18-7-5-4-6-8-18/h4-8,19,21,24H,9-17H2,1-3H3/t19-/m0/s1. The summed E-state index contributed by atoms with van der Waals surface area (Å²) in [5, 5.41) is 10.1. The number of aliphatic hydroxyl groups excluding tert-OH is 1. The minimum absolute atomic E-state index is 0.0101. The third-order valence-corrected chi connectivity index (χ3v) is 5.95. The van der Waals surface area contributed by atoms with Crippen molar-refractivity contribution in [3.63, 3.8) is 0 Å². The van der Waals surface area contributed by atoms with Crippen LogP contribution in [-0.4, -0.2) is 87.4 Å². The first-order chi connectivity index (χ1) is 13.1. The van der Waals surface area contributed by atoms with Gasteiger partial charge in [-0.05, 0) is 26.3 Å². The first kappa shape index (κ1) is 23.3. The van der Waals surface area contributed by atoms with Gasteiger partial charge in [-0.15, -0.1) is 0 Å². The number of hydrogen-bond donors (Lipinski definition) is 2. The van der Waals surface area contributed by atoms with Gasteiger partial charge in [0, 0.05) is 45.8 Å². The third kappa shape index (κ3) is 9.45. The Morgan fingerprint density at radius 1 is 1.11 bits per heavy atom. The molecular formula is C20H35N3O4S. The summed E-state index contributed by atoms with van der Waals surface area (Å²) in [4.78, 5) is 4.48. The summed E-state index contributed by atoms with van der Waals surface area (Å²) in [5.74, 6) is 0.0101. The second-order valence-corrected chi connectivity index (χ2v) is 10.2. The van der Waals surface area contributed by atoms with Crippen molar-refractivity contribution in [1.29, 1.82) is 0 Å². The van der Waals surface area contributed by atoms with Gasteiger partial charge in [-0.2, -0.15) is 0 Å². The number of nitrogens with one attached hydrogen (secondary N) is 1. The van der Waals surface area contributed by atoms with E-state index < -0.39 is 16.1 Å². The number of ether oxygens (including phenoxy) is 1. The molecule has 2 rings (SSSR count). The molecule has 0 aromatic heterocycles. The Kier molecular flexibility index (Phi) is 8.85. The molecule has 0 spiro atoms. The zero-order valence-corrected chi connectivity index (χ0v) is 18.1. The topological polar surface area (TPSA) is 82.1 Å². The molecule has 0 bridgehead atoms. The summed E-state index contributed by atoms with van der Waals surface area (Å²) in [6.45, 7) is 11.5. The molecular weight excluding hydrogens is 378 g/mol. The lowest BCUT2D eigenvalue weighted by atomic mass is 10.2. The first-order valence-electron chi connectivity index (χ1n) is 9.91. The molecule has 1 aromatic carbocycles. The molecule has 7 nitrogen and oxygen atoms in total. The van der Waals surface area contributed by atoms with Crippen molar-refractivity contribution >= 4 is 10.0 Å². The summed E-state index contributed by atoms with van der Waals surface area (Å²) >= 11 is 0. The van der Waals surface area contributed by atoms with E-state index in [0.717, 1.165) is 31.7 Å². The molecule has 2 N–H and O–H groups in total. The molecule has 1 heterocycles. The number of aliphatic hydroxyl groups is 1. The molecule has 160 valence electrons. The van der Waals surface area contributed by atoms with Gasteiger partial charge in [-0.3, -0.25) is 9.80 Å². The maximum absolute atomic E-state index is 12.2. The fourth-order valence-corrected chi connectivity index (χ4v) is 4.23. The van der Waals surface area contributed by atoms with Crippen LogP contribution in [0.1, 0.15) is 26.3 Å². The Balaban J connectivity index is 1.62. The van der Waals surface area contributed by atoms with Crippen LogP contribution in [-0.2, 0) is 20.5 Å². The van der Waals surface area contributed by atoms with E-state index in [0.29, 0.717) is 26.2 Å². The van der Waals surface area contributed by atoms with Gasteiger partial charge in [-0.25, -0.2) is 13.1 Å². The van der Waals surface area contributed by atoms with E-state index in [2.05, 4.69) is 14.5 Å². The lowest BCUT2D eigenvalue weighted by molar-refractivity contribution is -0.0585. The largest absolute Gasteiger partial charge is 0.389 e. The summed E-state index contributed by atoms with van der Waals surface area (Å²) in [6.07, 6.45) is -0.490. The molecule has 1 saturated heterocycles. The van der Waals surface area contributed by atoms with Crippen LogP contribution >= 0.6 is 0 Å². The van der Waals surface area contributed by atoms with Crippen LogP contribution < -0.4 is 4.72 Å². The van der Waals surface area contributed by atoms with Gasteiger partial charge in [0.1, 0.15) is 0 Å². The van der Waals surface area contributed by atoms with Gasteiger partial charge >= 0.3 is 0 Å². The highest BCUT2D eigenvalue weighted by molar-refractivity contribution is 7.88. The van der Waals surface area contributed by atoms with Crippen molar-refractivity contribution in [2.24, 2.45) is 0 Å². The quantitative estimate of drug-likeness (QED) is 0.593. The van der Waals surface area contributed by atoms with Crippen molar-refractivity contribution in [2.45, 2.75) is 38.2 Å². The number of rotatable bonds is 10. The van der Waals surface area contributed by atoms with E-state index in [1.807, 2.05) is 51.1 Å². The lowest BCUT2D eigenvalue weighted by Gasteiger charge is -2.35. The highest BCUT2D eigenvalue weighted by Gasteiger charge is 2.21. The van der Waals surface area contributed by atoms with Crippen molar-refractivity contribution in [3.8, 4) is 0 Å². The smallest absolute Gasteiger partial charge is 0.215 e. The average molecular weight is 414 g/mol. The zero-order chi connectivity index (χ0) is 20.6. The van der Waals surface area contributed by atoms with Crippen LogP contribution in [0.2, 0.25) is 0 Å². The van der Waals surface area contributed by atoms with Gasteiger partial charge < -0.3 is 9.84 Å². The lowest BCUT2D eigenvalue weighted by Crippen LogP contribution is -2.50. The predicted octanol–water partition coefficient (Wildman–Crippen LogP) is 0.900. The number of piperazine rings is 1. The number of sulfonamides is 1. The highest BCUT2D eigenvalue weighted by atomic mass is 32.2. The van der Waals surface area contributed by atoms with E-state index in [1.54, 1.807) is 0 Å².